The largest absolute Gasteiger partial charge is 0.369 e. The summed E-state index contributed by atoms with van der Waals surface area (Å²) in [5.74, 6) is -0.0748. The number of carbonyl (C=O) groups is 2. The molecule has 0 spiro atoms. The van der Waals surface area contributed by atoms with Crippen molar-refractivity contribution in [1.82, 2.24) is 10.2 Å². The second kappa shape index (κ2) is 5.30. The average Bonchev–Trinajstić information content (AvgIpc) is 2.16. The first kappa shape index (κ1) is 11.4. The van der Waals surface area contributed by atoms with E-state index in [1.54, 1.807) is 12.1 Å². The van der Waals surface area contributed by atoms with E-state index in [9.17, 15) is 9.59 Å². The molecular weight excluding hydrogens is 216 g/mol. The molecule has 80 valence electrons. The Kier molecular flexibility index (Phi) is 4.04. The summed E-state index contributed by atoms with van der Waals surface area (Å²) < 4.78 is 0. The quantitative estimate of drug-likeness (QED) is 0.705. The molecule has 0 aromatic carbocycles. The van der Waals surface area contributed by atoms with E-state index in [1.165, 1.54) is 18.7 Å². The number of carbonyl (C=O) groups excluding carboxylic acids is 2. The number of nitrogens with one attached hydrogen (secondary N) is 1. The second-order valence-corrected chi connectivity index (χ2v) is 3.69. The molecule has 0 unspecified atom stereocenters. The zero-order valence-corrected chi connectivity index (χ0v) is 8.87. The lowest BCUT2D eigenvalue weighted by Gasteiger charge is -2.00. The number of rotatable bonds is 4. The molecule has 1 aromatic heterocycles. The predicted octanol–water partition coefficient (Wildman–Crippen LogP) is 0.0124. The van der Waals surface area contributed by atoms with Gasteiger partial charge in [0.2, 0.25) is 11.8 Å². The number of anilines is 1. The lowest BCUT2D eigenvalue weighted by Crippen LogP contribution is -2.13. The minimum Gasteiger partial charge on any atom is -0.369 e. The molecule has 0 radical (unpaired) electrons. The van der Waals surface area contributed by atoms with E-state index in [4.69, 9.17) is 5.73 Å². The molecule has 6 nitrogen and oxygen atoms in total. The van der Waals surface area contributed by atoms with E-state index in [0.717, 1.165) is 0 Å². The van der Waals surface area contributed by atoms with Crippen molar-refractivity contribution < 1.29 is 9.59 Å². The minimum absolute atomic E-state index is 0.161. The fourth-order valence-electron chi connectivity index (χ4n) is 0.789. The number of hydrogen-bond donors (Lipinski definition) is 2. The zero-order valence-electron chi connectivity index (χ0n) is 8.06. The van der Waals surface area contributed by atoms with Crippen molar-refractivity contribution >= 4 is 29.4 Å². The van der Waals surface area contributed by atoms with Gasteiger partial charge in [0.05, 0.1) is 5.75 Å². The number of hydrogen-bond acceptors (Lipinski definition) is 5. The number of thioether (sulfide) groups is 1. The van der Waals surface area contributed by atoms with Gasteiger partial charge < -0.3 is 11.1 Å². The molecule has 0 bridgehead atoms. The lowest BCUT2D eigenvalue weighted by atomic mass is 10.5. The highest BCUT2D eigenvalue weighted by atomic mass is 32.2. The maximum absolute atomic E-state index is 10.7. The number of nitrogens with zero attached hydrogens (tertiary/aromatic N) is 2. The zero-order chi connectivity index (χ0) is 11.3. The van der Waals surface area contributed by atoms with Crippen molar-refractivity contribution in [1.29, 1.82) is 0 Å². The molecule has 0 aliphatic rings. The molecule has 1 rings (SSSR count). The molecule has 0 aliphatic heterocycles. The van der Waals surface area contributed by atoms with Gasteiger partial charge in [-0.3, -0.25) is 9.59 Å². The van der Waals surface area contributed by atoms with Crippen LogP contribution in [0.3, 0.4) is 0 Å². The summed E-state index contributed by atoms with van der Waals surface area (Å²) in [6.45, 7) is 1.39. The Bertz CT molecular complexity index is 365. The van der Waals surface area contributed by atoms with Crippen LogP contribution in [0.2, 0.25) is 0 Å². The van der Waals surface area contributed by atoms with Crippen molar-refractivity contribution in [3.8, 4) is 0 Å². The molecule has 7 heteroatoms. The van der Waals surface area contributed by atoms with Gasteiger partial charge in [-0.05, 0) is 12.1 Å². The van der Waals surface area contributed by atoms with E-state index in [1.807, 2.05) is 0 Å². The number of primary amides is 1. The maximum atomic E-state index is 10.7. The van der Waals surface area contributed by atoms with Crippen LogP contribution in [0.1, 0.15) is 6.92 Å². The van der Waals surface area contributed by atoms with Gasteiger partial charge in [0.25, 0.3) is 0 Å². The van der Waals surface area contributed by atoms with Gasteiger partial charge in [0, 0.05) is 6.92 Å². The number of nitrogens with two attached hydrogens (primary N) is 1. The Morgan fingerprint density at radius 3 is 2.67 bits per heavy atom. The van der Waals surface area contributed by atoms with E-state index in [-0.39, 0.29) is 11.7 Å². The summed E-state index contributed by atoms with van der Waals surface area (Å²) in [7, 11) is 0. The number of amides is 2. The molecule has 0 fully saturated rings. The predicted molar refractivity (Wildman–Crippen MR) is 56.3 cm³/mol. The summed E-state index contributed by atoms with van der Waals surface area (Å²) in [6.07, 6.45) is 0. The Labute approximate surface area is 90.6 Å². The highest BCUT2D eigenvalue weighted by Crippen LogP contribution is 2.14. The van der Waals surface area contributed by atoms with Crippen LogP contribution in [-0.2, 0) is 9.59 Å². The Balaban J connectivity index is 2.56. The van der Waals surface area contributed by atoms with E-state index in [0.29, 0.717) is 10.8 Å². The van der Waals surface area contributed by atoms with E-state index in [2.05, 4.69) is 15.5 Å². The summed E-state index contributed by atoms with van der Waals surface area (Å²) in [5.41, 5.74) is 4.97. The van der Waals surface area contributed by atoms with Gasteiger partial charge in [0.15, 0.2) is 5.82 Å². The minimum atomic E-state index is -0.410. The second-order valence-electron chi connectivity index (χ2n) is 2.69. The van der Waals surface area contributed by atoms with Crippen LogP contribution in [0.4, 0.5) is 5.82 Å². The summed E-state index contributed by atoms with van der Waals surface area (Å²) in [5, 5.41) is 10.6. The molecule has 0 aliphatic carbocycles. The van der Waals surface area contributed by atoms with Gasteiger partial charge in [0.1, 0.15) is 5.03 Å². The monoisotopic (exact) mass is 226 g/mol. The molecule has 1 heterocycles. The van der Waals surface area contributed by atoms with Crippen molar-refractivity contribution in [2.75, 3.05) is 11.1 Å². The lowest BCUT2D eigenvalue weighted by molar-refractivity contribution is -0.116. The Hall–Kier alpha value is -1.63. The SMILES string of the molecule is CC(=O)Nc1ccc(SCC(N)=O)nn1. The summed E-state index contributed by atoms with van der Waals surface area (Å²) >= 11 is 1.20. The van der Waals surface area contributed by atoms with Crippen LogP contribution in [0, 0.1) is 0 Å². The third-order valence-corrected chi connectivity index (χ3v) is 2.25. The van der Waals surface area contributed by atoms with Gasteiger partial charge >= 0.3 is 0 Å². The standard InChI is InChI=1S/C8H10N4O2S/c1-5(13)10-7-2-3-8(12-11-7)15-4-6(9)14/h2-3H,4H2,1H3,(H2,9,14)(H,10,11,13). The van der Waals surface area contributed by atoms with Crippen molar-refractivity contribution in [3.63, 3.8) is 0 Å². The fourth-order valence-corrected chi connectivity index (χ4v) is 1.34. The molecule has 0 saturated heterocycles. The smallest absolute Gasteiger partial charge is 0.227 e. The molecular formula is C8H10N4O2S. The molecule has 0 atom stereocenters. The Morgan fingerprint density at radius 2 is 2.20 bits per heavy atom. The van der Waals surface area contributed by atoms with Crippen LogP contribution in [-0.4, -0.2) is 27.8 Å². The summed E-state index contributed by atoms with van der Waals surface area (Å²) in [4.78, 5) is 21.1. The third-order valence-electron chi connectivity index (χ3n) is 1.31. The first-order valence-electron chi connectivity index (χ1n) is 4.10. The fraction of sp³-hybridized carbons (Fsp3) is 0.250. The molecule has 15 heavy (non-hydrogen) atoms. The van der Waals surface area contributed by atoms with Gasteiger partial charge in [-0.15, -0.1) is 10.2 Å². The topological polar surface area (TPSA) is 98.0 Å². The van der Waals surface area contributed by atoms with Crippen LogP contribution >= 0.6 is 11.8 Å². The van der Waals surface area contributed by atoms with Crippen molar-refractivity contribution in [2.24, 2.45) is 5.73 Å². The maximum Gasteiger partial charge on any atom is 0.227 e. The highest BCUT2D eigenvalue weighted by molar-refractivity contribution is 7.99. The van der Waals surface area contributed by atoms with Crippen LogP contribution in [0.5, 0.6) is 0 Å². The van der Waals surface area contributed by atoms with Crippen LogP contribution in [0.25, 0.3) is 0 Å². The van der Waals surface area contributed by atoms with E-state index < -0.39 is 5.91 Å². The molecule has 0 saturated carbocycles. The average molecular weight is 226 g/mol. The van der Waals surface area contributed by atoms with Crippen molar-refractivity contribution in [3.05, 3.63) is 12.1 Å². The first-order chi connectivity index (χ1) is 7.08. The van der Waals surface area contributed by atoms with Crippen LogP contribution in [0.15, 0.2) is 17.2 Å². The molecule has 1 aromatic rings. The summed E-state index contributed by atoms with van der Waals surface area (Å²) in [6, 6.07) is 3.27. The normalized spacial score (nSPS) is 9.67. The van der Waals surface area contributed by atoms with Gasteiger partial charge in [-0.25, -0.2) is 0 Å². The Morgan fingerprint density at radius 1 is 1.47 bits per heavy atom. The van der Waals surface area contributed by atoms with Gasteiger partial charge in [-0.1, -0.05) is 11.8 Å². The van der Waals surface area contributed by atoms with Crippen molar-refractivity contribution in [2.45, 2.75) is 11.9 Å². The van der Waals surface area contributed by atoms with Crippen LogP contribution < -0.4 is 11.1 Å². The third kappa shape index (κ3) is 4.41. The highest BCUT2D eigenvalue weighted by Gasteiger charge is 2.01. The van der Waals surface area contributed by atoms with Gasteiger partial charge in [-0.2, -0.15) is 0 Å². The first-order valence-corrected chi connectivity index (χ1v) is 5.09. The molecule has 3 N–H and O–H groups in total. The molecule has 2 amide bonds. The van der Waals surface area contributed by atoms with E-state index >= 15 is 0 Å². The number of aromatic nitrogens is 2.